The zero-order valence-corrected chi connectivity index (χ0v) is 11.1. The molecule has 3 atom stereocenters. The number of aliphatic carboxylic acids is 1. The van der Waals surface area contributed by atoms with Crippen molar-refractivity contribution in [3.8, 4) is 5.75 Å². The van der Waals surface area contributed by atoms with Crippen molar-refractivity contribution in [2.24, 2.45) is 5.92 Å². The van der Waals surface area contributed by atoms with Gasteiger partial charge in [0.05, 0.1) is 13.0 Å². The van der Waals surface area contributed by atoms with Crippen LogP contribution < -0.4 is 10.1 Å². The van der Waals surface area contributed by atoms with E-state index in [0.717, 1.165) is 5.56 Å². The van der Waals surface area contributed by atoms with Crippen LogP contribution in [-0.2, 0) is 9.59 Å². The van der Waals surface area contributed by atoms with Crippen LogP contribution in [-0.4, -0.2) is 29.6 Å². The molecule has 3 unspecified atom stereocenters. The van der Waals surface area contributed by atoms with Crippen molar-refractivity contribution < 1.29 is 19.4 Å². The fourth-order valence-corrected chi connectivity index (χ4v) is 2.61. The highest BCUT2D eigenvalue weighted by Crippen LogP contribution is 2.40. The predicted octanol–water partition coefficient (Wildman–Crippen LogP) is 1.39. The predicted molar refractivity (Wildman–Crippen MR) is 69.1 cm³/mol. The lowest BCUT2D eigenvalue weighted by atomic mass is 9.66. The number of rotatable bonds is 4. The van der Waals surface area contributed by atoms with Crippen LogP contribution in [0.25, 0.3) is 0 Å². The van der Waals surface area contributed by atoms with Crippen molar-refractivity contribution in [3.63, 3.8) is 0 Å². The van der Waals surface area contributed by atoms with Crippen LogP contribution in [0, 0.1) is 5.92 Å². The first kappa shape index (κ1) is 13.4. The van der Waals surface area contributed by atoms with Gasteiger partial charge in [-0.05, 0) is 17.7 Å². The molecule has 1 heterocycles. The maximum Gasteiger partial charge on any atom is 0.330 e. The van der Waals surface area contributed by atoms with Gasteiger partial charge in [0.15, 0.2) is 5.54 Å². The average molecular weight is 263 g/mol. The van der Waals surface area contributed by atoms with Crippen LogP contribution >= 0.6 is 0 Å². The van der Waals surface area contributed by atoms with Crippen LogP contribution in [0.5, 0.6) is 5.75 Å². The maximum atomic E-state index is 11.6. The zero-order chi connectivity index (χ0) is 14.2. The van der Waals surface area contributed by atoms with Crippen LogP contribution in [0.15, 0.2) is 24.3 Å². The highest BCUT2D eigenvalue weighted by molar-refractivity contribution is 6.01. The Kier molecular flexibility index (Phi) is 3.22. The number of benzene rings is 1. The first-order chi connectivity index (χ1) is 8.93. The molecule has 0 saturated carbocycles. The molecule has 0 aromatic heterocycles. The number of carbonyl (C=O) groups is 2. The monoisotopic (exact) mass is 263 g/mol. The topological polar surface area (TPSA) is 75.6 Å². The number of carboxylic acids is 1. The Hall–Kier alpha value is -2.04. The van der Waals surface area contributed by atoms with Gasteiger partial charge in [-0.2, -0.15) is 0 Å². The van der Waals surface area contributed by atoms with Gasteiger partial charge < -0.3 is 15.2 Å². The van der Waals surface area contributed by atoms with E-state index in [9.17, 15) is 14.7 Å². The van der Waals surface area contributed by atoms with E-state index in [1.54, 1.807) is 26.2 Å². The Morgan fingerprint density at radius 2 is 2.00 bits per heavy atom. The molecule has 1 amide bonds. The zero-order valence-electron chi connectivity index (χ0n) is 11.1. The molecule has 1 aliphatic rings. The first-order valence-corrected chi connectivity index (χ1v) is 6.12. The van der Waals surface area contributed by atoms with E-state index in [1.165, 1.54) is 0 Å². The molecule has 2 rings (SSSR count). The van der Waals surface area contributed by atoms with Gasteiger partial charge in [0.1, 0.15) is 5.75 Å². The second-order valence-corrected chi connectivity index (χ2v) is 4.88. The highest BCUT2D eigenvalue weighted by atomic mass is 16.5. The Bertz CT molecular complexity index is 511. The molecule has 0 aliphatic carbocycles. The third-order valence-electron chi connectivity index (χ3n) is 4.06. The van der Waals surface area contributed by atoms with E-state index in [0.29, 0.717) is 5.75 Å². The minimum atomic E-state index is -1.22. The van der Waals surface area contributed by atoms with Crippen LogP contribution in [0.1, 0.15) is 25.3 Å². The van der Waals surface area contributed by atoms with Crippen LogP contribution in [0.4, 0.5) is 0 Å². The molecule has 1 fully saturated rings. The number of carbonyl (C=O) groups excluding carboxylic acids is 1. The number of carboxylic acid groups (broad SMARTS) is 1. The van der Waals surface area contributed by atoms with E-state index in [-0.39, 0.29) is 11.8 Å². The van der Waals surface area contributed by atoms with Gasteiger partial charge >= 0.3 is 5.97 Å². The Morgan fingerprint density at radius 1 is 1.42 bits per heavy atom. The van der Waals surface area contributed by atoms with Gasteiger partial charge in [0.2, 0.25) is 5.91 Å². The summed E-state index contributed by atoms with van der Waals surface area (Å²) in [6, 6.07) is 7.22. The van der Waals surface area contributed by atoms with Crippen molar-refractivity contribution in [1.82, 2.24) is 5.32 Å². The number of methoxy groups -OCH3 is 1. The number of amides is 1. The molecular formula is C14H17NO4. The van der Waals surface area contributed by atoms with E-state index < -0.39 is 17.4 Å². The van der Waals surface area contributed by atoms with Gasteiger partial charge in [-0.3, -0.25) is 4.79 Å². The lowest BCUT2D eigenvalue weighted by molar-refractivity contribution is -0.164. The lowest BCUT2D eigenvalue weighted by Gasteiger charge is -2.48. The summed E-state index contributed by atoms with van der Waals surface area (Å²) in [5, 5.41) is 12.0. The van der Waals surface area contributed by atoms with Crippen molar-refractivity contribution in [2.45, 2.75) is 25.3 Å². The van der Waals surface area contributed by atoms with Crippen molar-refractivity contribution >= 4 is 11.9 Å². The number of nitrogens with one attached hydrogen (secondary N) is 1. The van der Waals surface area contributed by atoms with Gasteiger partial charge in [0, 0.05) is 5.92 Å². The normalized spacial score (nSPS) is 27.1. The number of ether oxygens (including phenoxy) is 1. The van der Waals surface area contributed by atoms with Crippen LogP contribution in [0.2, 0.25) is 0 Å². The second-order valence-electron chi connectivity index (χ2n) is 4.88. The fraction of sp³-hybridized carbons (Fsp3) is 0.429. The maximum absolute atomic E-state index is 11.6. The molecule has 0 bridgehead atoms. The molecule has 0 spiro atoms. The molecular weight excluding hydrogens is 246 g/mol. The summed E-state index contributed by atoms with van der Waals surface area (Å²) >= 11 is 0. The number of β-lactam (4-membered cyclic amide) rings is 1. The first-order valence-electron chi connectivity index (χ1n) is 6.12. The molecule has 1 aliphatic heterocycles. The molecule has 102 valence electrons. The van der Waals surface area contributed by atoms with Crippen LogP contribution in [0.3, 0.4) is 0 Å². The lowest BCUT2D eigenvalue weighted by Crippen LogP contribution is -2.74. The Morgan fingerprint density at radius 3 is 2.37 bits per heavy atom. The smallest absolute Gasteiger partial charge is 0.330 e. The molecule has 5 heteroatoms. The summed E-state index contributed by atoms with van der Waals surface area (Å²) < 4.78 is 5.07. The summed E-state index contributed by atoms with van der Waals surface area (Å²) in [4.78, 5) is 23.0. The van der Waals surface area contributed by atoms with Crippen molar-refractivity contribution in [3.05, 3.63) is 29.8 Å². The third-order valence-corrected chi connectivity index (χ3v) is 4.06. The van der Waals surface area contributed by atoms with Crippen molar-refractivity contribution in [2.75, 3.05) is 7.11 Å². The standard InChI is InChI=1S/C14H17NO4/c1-8(10-4-6-11(19-3)7-5-10)14(13(17)18)9(2)12(16)15-14/h4-9H,1-3H3,(H,15,16)(H,17,18). The fourth-order valence-electron chi connectivity index (χ4n) is 2.61. The average Bonchev–Trinajstić information content (AvgIpc) is 2.43. The Balaban J connectivity index is 2.32. The summed E-state index contributed by atoms with van der Waals surface area (Å²) in [7, 11) is 1.57. The van der Waals surface area contributed by atoms with Gasteiger partial charge in [-0.15, -0.1) is 0 Å². The molecule has 1 aromatic carbocycles. The second kappa shape index (κ2) is 4.57. The van der Waals surface area contributed by atoms with Gasteiger partial charge in [-0.1, -0.05) is 26.0 Å². The Labute approximate surface area is 111 Å². The van der Waals surface area contributed by atoms with E-state index in [1.807, 2.05) is 19.1 Å². The number of hydrogen-bond donors (Lipinski definition) is 2. The number of hydrogen-bond acceptors (Lipinski definition) is 3. The molecule has 0 radical (unpaired) electrons. The van der Waals surface area contributed by atoms with E-state index in [2.05, 4.69) is 5.32 Å². The van der Waals surface area contributed by atoms with E-state index >= 15 is 0 Å². The quantitative estimate of drug-likeness (QED) is 0.805. The van der Waals surface area contributed by atoms with Gasteiger partial charge in [0.25, 0.3) is 0 Å². The minimum absolute atomic E-state index is 0.220. The highest BCUT2D eigenvalue weighted by Gasteiger charge is 2.60. The summed E-state index contributed by atoms with van der Waals surface area (Å²) in [6.45, 7) is 3.46. The largest absolute Gasteiger partial charge is 0.497 e. The summed E-state index contributed by atoms with van der Waals surface area (Å²) in [5.74, 6) is -1.36. The SMILES string of the molecule is COc1ccc(C(C)C2(C(=O)O)NC(=O)C2C)cc1. The molecule has 1 saturated heterocycles. The minimum Gasteiger partial charge on any atom is -0.497 e. The summed E-state index contributed by atoms with van der Waals surface area (Å²) in [5.41, 5.74) is -0.360. The third kappa shape index (κ3) is 1.85. The van der Waals surface area contributed by atoms with E-state index in [4.69, 9.17) is 4.74 Å². The molecule has 2 N–H and O–H groups in total. The summed E-state index contributed by atoms with van der Waals surface area (Å²) in [6.07, 6.45) is 0. The molecule has 5 nitrogen and oxygen atoms in total. The molecule has 1 aromatic rings. The van der Waals surface area contributed by atoms with Gasteiger partial charge in [-0.25, -0.2) is 4.79 Å². The molecule has 19 heavy (non-hydrogen) atoms. The van der Waals surface area contributed by atoms with Crippen molar-refractivity contribution in [1.29, 1.82) is 0 Å².